The standard InChI is InChI=1S/C20H34N4O.HI/c1-4-12-24-13-9-18(10-14-24)23-20(21-5-2)22-11-15-25-19-8-6-7-17(3)16-19;/h6-8,16,18H,4-5,9-15H2,1-3H3,(H2,21,22,23);1H. The second kappa shape index (κ2) is 13.2. The molecule has 1 heterocycles. The van der Waals surface area contributed by atoms with Gasteiger partial charge in [-0.15, -0.1) is 24.0 Å². The molecule has 26 heavy (non-hydrogen) atoms. The number of hydrogen-bond acceptors (Lipinski definition) is 3. The van der Waals surface area contributed by atoms with E-state index in [4.69, 9.17) is 4.74 Å². The summed E-state index contributed by atoms with van der Waals surface area (Å²) in [6, 6.07) is 8.65. The van der Waals surface area contributed by atoms with E-state index < -0.39 is 0 Å². The fourth-order valence-electron chi connectivity index (χ4n) is 3.16. The first-order valence-corrected chi connectivity index (χ1v) is 9.68. The molecule has 1 fully saturated rings. The molecule has 0 bridgehead atoms. The van der Waals surface area contributed by atoms with Gasteiger partial charge in [-0.05, 0) is 57.4 Å². The fraction of sp³-hybridized carbons (Fsp3) is 0.650. The summed E-state index contributed by atoms with van der Waals surface area (Å²) in [6.07, 6.45) is 3.61. The highest BCUT2D eigenvalue weighted by Gasteiger charge is 2.19. The predicted octanol–water partition coefficient (Wildman–Crippen LogP) is 3.42. The van der Waals surface area contributed by atoms with E-state index >= 15 is 0 Å². The van der Waals surface area contributed by atoms with Crippen LogP contribution in [0.25, 0.3) is 0 Å². The van der Waals surface area contributed by atoms with Gasteiger partial charge >= 0.3 is 0 Å². The Kier molecular flexibility index (Phi) is 11.7. The molecule has 0 saturated carbocycles. The summed E-state index contributed by atoms with van der Waals surface area (Å²) < 4.78 is 5.78. The molecule has 0 radical (unpaired) electrons. The fourth-order valence-corrected chi connectivity index (χ4v) is 3.16. The molecule has 1 aromatic carbocycles. The molecule has 6 heteroatoms. The van der Waals surface area contributed by atoms with E-state index in [1.165, 1.54) is 44.5 Å². The lowest BCUT2D eigenvalue weighted by molar-refractivity contribution is 0.206. The molecule has 0 spiro atoms. The molecule has 0 unspecified atom stereocenters. The number of piperidine rings is 1. The van der Waals surface area contributed by atoms with Gasteiger partial charge in [0.1, 0.15) is 12.4 Å². The monoisotopic (exact) mass is 474 g/mol. The Hall–Kier alpha value is -1.02. The van der Waals surface area contributed by atoms with E-state index in [1.807, 2.05) is 12.1 Å². The largest absolute Gasteiger partial charge is 0.492 e. The number of hydrogen-bond donors (Lipinski definition) is 2. The van der Waals surface area contributed by atoms with Crippen molar-refractivity contribution in [1.29, 1.82) is 0 Å². The van der Waals surface area contributed by atoms with E-state index in [2.05, 4.69) is 53.4 Å². The number of benzene rings is 1. The maximum atomic E-state index is 5.78. The van der Waals surface area contributed by atoms with Crippen LogP contribution in [0, 0.1) is 6.92 Å². The Morgan fingerprint density at radius 2 is 2.04 bits per heavy atom. The number of nitrogens with zero attached hydrogens (tertiary/aromatic N) is 2. The SMILES string of the molecule is CCCN1CCC(NC(=NCCOc2cccc(C)c2)NCC)CC1.I. The highest BCUT2D eigenvalue weighted by atomic mass is 127. The van der Waals surface area contributed by atoms with Crippen molar-refractivity contribution in [3.05, 3.63) is 29.8 Å². The molecular weight excluding hydrogens is 439 g/mol. The molecule has 0 aliphatic carbocycles. The minimum absolute atomic E-state index is 0. The zero-order chi connectivity index (χ0) is 17.9. The van der Waals surface area contributed by atoms with E-state index in [9.17, 15) is 0 Å². The van der Waals surface area contributed by atoms with Gasteiger partial charge in [-0.25, -0.2) is 4.99 Å². The van der Waals surface area contributed by atoms with Crippen LogP contribution in [0.15, 0.2) is 29.3 Å². The molecule has 2 N–H and O–H groups in total. The second-order valence-corrected chi connectivity index (χ2v) is 6.69. The lowest BCUT2D eigenvalue weighted by atomic mass is 10.1. The van der Waals surface area contributed by atoms with Crippen LogP contribution in [0.5, 0.6) is 5.75 Å². The number of aliphatic imine (C=N–C) groups is 1. The average Bonchev–Trinajstić information content (AvgIpc) is 2.61. The van der Waals surface area contributed by atoms with Gasteiger partial charge in [0.05, 0.1) is 6.54 Å². The first-order chi connectivity index (χ1) is 12.2. The molecule has 5 nitrogen and oxygen atoms in total. The van der Waals surface area contributed by atoms with Gasteiger partial charge in [-0.1, -0.05) is 19.1 Å². The Balaban J connectivity index is 0.00000338. The molecule has 0 aromatic heterocycles. The summed E-state index contributed by atoms with van der Waals surface area (Å²) in [7, 11) is 0. The smallest absolute Gasteiger partial charge is 0.191 e. The molecular formula is C20H35IN4O. The number of ether oxygens (including phenoxy) is 1. The van der Waals surface area contributed by atoms with Gasteiger partial charge in [0, 0.05) is 25.7 Å². The van der Waals surface area contributed by atoms with Crippen LogP contribution < -0.4 is 15.4 Å². The zero-order valence-electron chi connectivity index (χ0n) is 16.5. The summed E-state index contributed by atoms with van der Waals surface area (Å²) in [5.41, 5.74) is 1.21. The molecule has 1 aliphatic heterocycles. The van der Waals surface area contributed by atoms with Gasteiger partial charge in [0.25, 0.3) is 0 Å². The summed E-state index contributed by atoms with van der Waals surface area (Å²) >= 11 is 0. The summed E-state index contributed by atoms with van der Waals surface area (Å²) in [5.74, 6) is 1.82. The lowest BCUT2D eigenvalue weighted by Crippen LogP contribution is -2.48. The molecule has 2 rings (SSSR count). The van der Waals surface area contributed by atoms with E-state index in [0.29, 0.717) is 19.2 Å². The molecule has 0 amide bonds. The highest BCUT2D eigenvalue weighted by molar-refractivity contribution is 14.0. The van der Waals surface area contributed by atoms with Crippen molar-refractivity contribution in [3.63, 3.8) is 0 Å². The maximum Gasteiger partial charge on any atom is 0.191 e. The van der Waals surface area contributed by atoms with E-state index in [0.717, 1.165) is 18.3 Å². The van der Waals surface area contributed by atoms with Crippen LogP contribution in [0.4, 0.5) is 0 Å². The third kappa shape index (κ3) is 8.58. The molecule has 1 saturated heterocycles. The average molecular weight is 474 g/mol. The van der Waals surface area contributed by atoms with Gasteiger partial charge < -0.3 is 20.3 Å². The molecule has 1 aliphatic rings. The molecule has 0 atom stereocenters. The Morgan fingerprint density at radius 1 is 1.27 bits per heavy atom. The second-order valence-electron chi connectivity index (χ2n) is 6.69. The van der Waals surface area contributed by atoms with Crippen molar-refractivity contribution in [1.82, 2.24) is 15.5 Å². The van der Waals surface area contributed by atoms with Crippen molar-refractivity contribution < 1.29 is 4.74 Å². The van der Waals surface area contributed by atoms with Crippen LogP contribution in [0.1, 0.15) is 38.7 Å². The van der Waals surface area contributed by atoms with Gasteiger partial charge in [-0.2, -0.15) is 0 Å². The van der Waals surface area contributed by atoms with Gasteiger partial charge in [0.2, 0.25) is 0 Å². The number of rotatable bonds is 8. The van der Waals surface area contributed by atoms with Crippen LogP contribution in [-0.2, 0) is 0 Å². The number of likely N-dealkylation sites (tertiary alicyclic amines) is 1. The Morgan fingerprint density at radius 3 is 2.69 bits per heavy atom. The van der Waals surface area contributed by atoms with Crippen molar-refractivity contribution in [2.24, 2.45) is 4.99 Å². The highest BCUT2D eigenvalue weighted by Crippen LogP contribution is 2.12. The van der Waals surface area contributed by atoms with Crippen molar-refractivity contribution in [3.8, 4) is 5.75 Å². The predicted molar refractivity (Wildman–Crippen MR) is 121 cm³/mol. The van der Waals surface area contributed by atoms with Gasteiger partial charge in [-0.3, -0.25) is 0 Å². The number of halogens is 1. The third-order valence-electron chi connectivity index (χ3n) is 4.43. The zero-order valence-corrected chi connectivity index (χ0v) is 18.8. The maximum absolute atomic E-state index is 5.78. The summed E-state index contributed by atoms with van der Waals surface area (Å²) in [4.78, 5) is 7.21. The quantitative estimate of drug-likeness (QED) is 0.263. The van der Waals surface area contributed by atoms with E-state index in [-0.39, 0.29) is 24.0 Å². The van der Waals surface area contributed by atoms with Crippen LogP contribution in [0.3, 0.4) is 0 Å². The molecule has 1 aromatic rings. The Bertz CT molecular complexity index is 530. The summed E-state index contributed by atoms with van der Waals surface area (Å²) in [6.45, 7) is 12.1. The first-order valence-electron chi connectivity index (χ1n) is 9.68. The summed E-state index contributed by atoms with van der Waals surface area (Å²) in [5, 5.41) is 6.93. The van der Waals surface area contributed by atoms with Crippen LogP contribution in [-0.4, -0.2) is 56.2 Å². The van der Waals surface area contributed by atoms with Crippen LogP contribution in [0.2, 0.25) is 0 Å². The van der Waals surface area contributed by atoms with Crippen molar-refractivity contribution >= 4 is 29.9 Å². The molecule has 148 valence electrons. The number of guanidine groups is 1. The third-order valence-corrected chi connectivity index (χ3v) is 4.43. The van der Waals surface area contributed by atoms with Crippen molar-refractivity contribution in [2.45, 2.75) is 46.1 Å². The lowest BCUT2D eigenvalue weighted by Gasteiger charge is -2.32. The Labute approximate surface area is 176 Å². The van der Waals surface area contributed by atoms with Gasteiger partial charge in [0.15, 0.2) is 5.96 Å². The van der Waals surface area contributed by atoms with Crippen molar-refractivity contribution in [2.75, 3.05) is 39.3 Å². The van der Waals surface area contributed by atoms with Crippen LogP contribution >= 0.6 is 24.0 Å². The normalized spacial score (nSPS) is 16.0. The number of nitrogens with one attached hydrogen (secondary N) is 2. The minimum Gasteiger partial charge on any atom is -0.492 e. The van der Waals surface area contributed by atoms with E-state index in [1.54, 1.807) is 0 Å². The topological polar surface area (TPSA) is 48.9 Å². The first kappa shape index (κ1) is 23.0. The number of aryl methyl sites for hydroxylation is 1. The minimum atomic E-state index is 0.